The summed E-state index contributed by atoms with van der Waals surface area (Å²) in [5.41, 5.74) is 0. The number of nitrogens with zero attached hydrogens (tertiary/aromatic N) is 4. The normalized spacial score (nSPS) is 26.2. The first-order chi connectivity index (χ1) is 13.0. The summed E-state index contributed by atoms with van der Waals surface area (Å²) in [7, 11) is 2.06. The summed E-state index contributed by atoms with van der Waals surface area (Å²) in [6.07, 6.45) is 2.15. The van der Waals surface area contributed by atoms with Crippen LogP contribution in [0.3, 0.4) is 0 Å². The van der Waals surface area contributed by atoms with Crippen LogP contribution < -0.4 is 0 Å². The number of hydrogen-bond acceptors (Lipinski definition) is 5. The third-order valence-corrected chi connectivity index (χ3v) is 5.85. The number of carbonyl (C=O) groups is 3. The highest BCUT2D eigenvalue weighted by atomic mass is 16.3. The van der Waals surface area contributed by atoms with Crippen LogP contribution >= 0.6 is 0 Å². The fourth-order valence-electron chi connectivity index (χ4n) is 3.92. The number of hydrogen-bond donors (Lipinski definition) is 0. The highest BCUT2D eigenvalue weighted by Crippen LogP contribution is 2.41. The largest absolute Gasteiger partial charge is 0.459 e. The second kappa shape index (κ2) is 7.34. The topological polar surface area (TPSA) is 77.3 Å². The number of piperazine rings is 2. The van der Waals surface area contributed by atoms with Crippen LogP contribution in [0.15, 0.2) is 22.8 Å². The molecule has 1 saturated carbocycles. The Labute approximate surface area is 158 Å². The summed E-state index contributed by atoms with van der Waals surface area (Å²) < 4.78 is 5.16. The van der Waals surface area contributed by atoms with Gasteiger partial charge in [-0.3, -0.25) is 14.4 Å². The van der Waals surface area contributed by atoms with E-state index in [9.17, 15) is 14.4 Å². The molecule has 1 aromatic heterocycles. The van der Waals surface area contributed by atoms with Crippen molar-refractivity contribution in [2.75, 3.05) is 59.4 Å². The molecule has 0 bridgehead atoms. The molecule has 3 aliphatic rings. The lowest BCUT2D eigenvalue weighted by atomic mass is 10.2. The van der Waals surface area contributed by atoms with E-state index < -0.39 is 0 Å². The van der Waals surface area contributed by atoms with Gasteiger partial charge in [0.25, 0.3) is 5.91 Å². The van der Waals surface area contributed by atoms with Gasteiger partial charge in [-0.05, 0) is 25.6 Å². The highest BCUT2D eigenvalue weighted by molar-refractivity contribution is 5.93. The molecule has 4 rings (SSSR count). The molecule has 8 heteroatoms. The van der Waals surface area contributed by atoms with Crippen molar-refractivity contribution in [3.8, 4) is 0 Å². The molecule has 0 N–H and O–H groups in total. The zero-order chi connectivity index (χ0) is 19.0. The summed E-state index contributed by atoms with van der Waals surface area (Å²) in [5.74, 6) is 0.0604. The summed E-state index contributed by atoms with van der Waals surface area (Å²) in [6.45, 7) is 5.30. The van der Waals surface area contributed by atoms with Gasteiger partial charge in [-0.15, -0.1) is 0 Å². The van der Waals surface area contributed by atoms with E-state index in [0.29, 0.717) is 38.4 Å². The molecule has 3 amide bonds. The lowest BCUT2D eigenvalue weighted by Crippen LogP contribution is -2.51. The molecular formula is C19H26N4O4. The second-order valence-corrected chi connectivity index (χ2v) is 7.67. The van der Waals surface area contributed by atoms with E-state index in [2.05, 4.69) is 11.9 Å². The van der Waals surface area contributed by atoms with E-state index in [1.165, 1.54) is 6.26 Å². The van der Waals surface area contributed by atoms with Crippen molar-refractivity contribution in [3.63, 3.8) is 0 Å². The molecule has 27 heavy (non-hydrogen) atoms. The Balaban J connectivity index is 1.25. The molecule has 0 spiro atoms. The maximum Gasteiger partial charge on any atom is 0.289 e. The van der Waals surface area contributed by atoms with E-state index in [-0.39, 0.29) is 29.6 Å². The average molecular weight is 374 g/mol. The van der Waals surface area contributed by atoms with Crippen LogP contribution in [-0.4, -0.2) is 96.7 Å². The first-order valence-corrected chi connectivity index (χ1v) is 9.63. The number of furan rings is 1. The third-order valence-electron chi connectivity index (χ3n) is 5.85. The van der Waals surface area contributed by atoms with E-state index in [1.807, 2.05) is 4.90 Å². The molecule has 2 unspecified atom stereocenters. The summed E-state index contributed by atoms with van der Waals surface area (Å²) in [4.78, 5) is 45.3. The van der Waals surface area contributed by atoms with Crippen molar-refractivity contribution in [2.24, 2.45) is 11.8 Å². The van der Waals surface area contributed by atoms with Crippen molar-refractivity contribution in [3.05, 3.63) is 24.2 Å². The Bertz CT molecular complexity index is 703. The van der Waals surface area contributed by atoms with Gasteiger partial charge in [0, 0.05) is 52.4 Å². The van der Waals surface area contributed by atoms with Crippen molar-refractivity contribution in [1.82, 2.24) is 19.6 Å². The second-order valence-electron chi connectivity index (χ2n) is 7.67. The lowest BCUT2D eigenvalue weighted by molar-refractivity contribution is -0.139. The van der Waals surface area contributed by atoms with E-state index in [0.717, 1.165) is 26.2 Å². The van der Waals surface area contributed by atoms with Gasteiger partial charge in [-0.2, -0.15) is 0 Å². The number of rotatable bonds is 3. The van der Waals surface area contributed by atoms with E-state index in [4.69, 9.17) is 4.42 Å². The van der Waals surface area contributed by atoms with Crippen molar-refractivity contribution in [1.29, 1.82) is 0 Å². The number of carbonyl (C=O) groups excluding carboxylic acids is 3. The molecule has 2 saturated heterocycles. The van der Waals surface area contributed by atoms with Gasteiger partial charge < -0.3 is 24.0 Å². The molecule has 3 fully saturated rings. The molecule has 0 radical (unpaired) electrons. The Morgan fingerprint density at radius 3 is 1.89 bits per heavy atom. The van der Waals surface area contributed by atoms with Gasteiger partial charge in [0.1, 0.15) is 0 Å². The van der Waals surface area contributed by atoms with Gasteiger partial charge in [0.05, 0.1) is 18.1 Å². The van der Waals surface area contributed by atoms with Crippen molar-refractivity contribution >= 4 is 17.7 Å². The van der Waals surface area contributed by atoms with Crippen LogP contribution in [0, 0.1) is 11.8 Å². The summed E-state index contributed by atoms with van der Waals surface area (Å²) >= 11 is 0. The minimum Gasteiger partial charge on any atom is -0.459 e. The molecule has 2 aliphatic heterocycles. The fraction of sp³-hybridized carbons (Fsp3) is 0.632. The average Bonchev–Trinajstić information content (AvgIpc) is 3.31. The SMILES string of the molecule is CN1CCN(C(=O)C2CC2C(=O)N2CCN(C(=O)c3ccco3)CC2)CC1. The van der Waals surface area contributed by atoms with Gasteiger partial charge >= 0.3 is 0 Å². The zero-order valence-corrected chi connectivity index (χ0v) is 15.7. The third kappa shape index (κ3) is 3.71. The summed E-state index contributed by atoms with van der Waals surface area (Å²) in [5, 5.41) is 0. The van der Waals surface area contributed by atoms with Crippen LogP contribution in [0.2, 0.25) is 0 Å². The smallest absolute Gasteiger partial charge is 0.289 e. The van der Waals surface area contributed by atoms with Gasteiger partial charge in [0.15, 0.2) is 5.76 Å². The zero-order valence-electron chi connectivity index (χ0n) is 15.7. The predicted molar refractivity (Wildman–Crippen MR) is 96.9 cm³/mol. The van der Waals surface area contributed by atoms with Crippen LogP contribution in [0.1, 0.15) is 17.0 Å². The molecule has 1 aliphatic carbocycles. The first kappa shape index (κ1) is 18.0. The standard InChI is InChI=1S/C19H26N4O4/c1-20-4-6-21(7-5-20)17(24)14-13-15(14)18(25)22-8-10-23(11-9-22)19(26)16-3-2-12-27-16/h2-3,12,14-15H,4-11,13H2,1H3. The number of likely N-dealkylation sites (N-methyl/N-ethyl adjacent to an activating group) is 1. The molecule has 3 heterocycles. The Morgan fingerprint density at radius 2 is 1.37 bits per heavy atom. The van der Waals surface area contributed by atoms with Gasteiger partial charge in [-0.25, -0.2) is 0 Å². The van der Waals surface area contributed by atoms with E-state index in [1.54, 1.807) is 21.9 Å². The Kier molecular flexibility index (Phi) is 4.90. The molecule has 8 nitrogen and oxygen atoms in total. The predicted octanol–water partition coefficient (Wildman–Crippen LogP) is -0.0259. The van der Waals surface area contributed by atoms with Crippen LogP contribution in [0.5, 0.6) is 0 Å². The maximum absolute atomic E-state index is 12.7. The van der Waals surface area contributed by atoms with Crippen LogP contribution in [0.25, 0.3) is 0 Å². The highest BCUT2D eigenvalue weighted by Gasteiger charge is 2.51. The summed E-state index contributed by atoms with van der Waals surface area (Å²) in [6, 6.07) is 3.34. The fourth-order valence-corrected chi connectivity index (χ4v) is 3.92. The minimum atomic E-state index is -0.176. The van der Waals surface area contributed by atoms with Crippen LogP contribution in [0.4, 0.5) is 0 Å². The molecule has 146 valence electrons. The molecule has 2 atom stereocenters. The molecular weight excluding hydrogens is 348 g/mol. The Morgan fingerprint density at radius 1 is 0.852 bits per heavy atom. The van der Waals surface area contributed by atoms with Crippen LogP contribution in [-0.2, 0) is 9.59 Å². The van der Waals surface area contributed by atoms with E-state index >= 15 is 0 Å². The quantitative estimate of drug-likeness (QED) is 0.743. The molecule has 1 aromatic rings. The monoisotopic (exact) mass is 374 g/mol. The van der Waals surface area contributed by atoms with Gasteiger partial charge in [-0.1, -0.05) is 0 Å². The van der Waals surface area contributed by atoms with Crippen molar-refractivity contribution in [2.45, 2.75) is 6.42 Å². The molecule has 0 aromatic carbocycles. The van der Waals surface area contributed by atoms with Gasteiger partial charge in [0.2, 0.25) is 11.8 Å². The maximum atomic E-state index is 12.7. The van der Waals surface area contributed by atoms with Crippen molar-refractivity contribution < 1.29 is 18.8 Å². The lowest BCUT2D eigenvalue weighted by Gasteiger charge is -2.35. The Hall–Kier alpha value is -2.35. The first-order valence-electron chi connectivity index (χ1n) is 9.63. The number of amides is 3. The minimum absolute atomic E-state index is 0.0626.